The first-order chi connectivity index (χ1) is 9.99. The Labute approximate surface area is 126 Å². The van der Waals surface area contributed by atoms with Gasteiger partial charge in [0.15, 0.2) is 0 Å². The van der Waals surface area contributed by atoms with Crippen molar-refractivity contribution in [2.75, 3.05) is 19.6 Å². The van der Waals surface area contributed by atoms with Gasteiger partial charge in [0.25, 0.3) is 0 Å². The molecule has 0 radical (unpaired) electrons. The Kier molecular flexibility index (Phi) is 7.34. The van der Waals surface area contributed by atoms with Gasteiger partial charge >= 0.3 is 11.9 Å². The van der Waals surface area contributed by atoms with Gasteiger partial charge in [-0.05, 0) is 20.0 Å². The summed E-state index contributed by atoms with van der Waals surface area (Å²) < 4.78 is 17.1. The van der Waals surface area contributed by atoms with Gasteiger partial charge in [0, 0.05) is 5.30 Å². The highest BCUT2D eigenvalue weighted by molar-refractivity contribution is 7.55. The van der Waals surface area contributed by atoms with Crippen LogP contribution >= 0.6 is 7.80 Å². The van der Waals surface area contributed by atoms with Gasteiger partial charge in [-0.2, -0.15) is 0 Å². The van der Waals surface area contributed by atoms with Gasteiger partial charge in [-0.1, -0.05) is 44.2 Å². The molecule has 0 aliphatic heterocycles. The maximum Gasteiger partial charge on any atom is 0.327 e. The number of esters is 2. The Morgan fingerprint density at radius 1 is 1.19 bits per heavy atom. The third kappa shape index (κ3) is 5.44. The lowest BCUT2D eigenvalue weighted by molar-refractivity contribution is -0.159. The number of rotatable bonds is 7. The zero-order valence-electron chi connectivity index (χ0n) is 12.7. The molecule has 2 atom stereocenters. The molecule has 0 aliphatic rings. The van der Waals surface area contributed by atoms with Crippen LogP contribution in [-0.2, 0) is 18.9 Å². The van der Waals surface area contributed by atoms with Crippen molar-refractivity contribution in [2.45, 2.75) is 26.4 Å². The summed E-state index contributed by atoms with van der Waals surface area (Å²) in [6.45, 7) is 6.86. The molecule has 0 aromatic heterocycles. The summed E-state index contributed by atoms with van der Waals surface area (Å²) in [5.74, 6) is -1.32. The predicted octanol–water partition coefficient (Wildman–Crippen LogP) is 1.67. The van der Waals surface area contributed by atoms with Gasteiger partial charge in [0.1, 0.15) is 13.5 Å². The fraction of sp³-hybridized carbons (Fsp3) is 0.467. The second-order valence-electron chi connectivity index (χ2n) is 4.71. The summed E-state index contributed by atoms with van der Waals surface area (Å²) in [5, 5.41) is 0.614. The molecule has 0 fully saturated rings. The minimum Gasteiger partial charge on any atom is -0.392 e. The number of carbonyl (C=O) groups is 2. The molecule has 0 N–H and O–H groups in total. The first kappa shape index (κ1) is 17.6. The average Bonchev–Trinajstić information content (AvgIpc) is 2.51. The normalized spacial score (nSPS) is 13.7. The monoisotopic (exact) mass is 311 g/mol. The van der Waals surface area contributed by atoms with Crippen molar-refractivity contribution >= 4 is 25.0 Å². The molecule has 0 saturated carbocycles. The molecule has 1 aromatic rings. The Hall–Kier alpha value is -1.45. The largest absolute Gasteiger partial charge is 0.392 e. The van der Waals surface area contributed by atoms with Gasteiger partial charge in [-0.25, -0.2) is 0 Å². The van der Waals surface area contributed by atoms with Crippen LogP contribution in [0.25, 0.3) is 0 Å². The van der Waals surface area contributed by atoms with Crippen LogP contribution < -0.4 is 5.30 Å². The highest BCUT2D eigenvalue weighted by Crippen LogP contribution is 2.27. The number of hydrogen-bond donors (Lipinski definition) is 0. The highest BCUT2D eigenvalue weighted by Gasteiger charge is 2.25. The van der Waals surface area contributed by atoms with E-state index in [-0.39, 0.29) is 6.54 Å². The van der Waals surface area contributed by atoms with Crippen LogP contribution in [0.2, 0.25) is 0 Å². The van der Waals surface area contributed by atoms with Crippen LogP contribution in [0, 0.1) is 0 Å². The zero-order valence-corrected chi connectivity index (χ0v) is 13.7. The fourth-order valence-corrected chi connectivity index (χ4v) is 3.12. The Bertz CT molecular complexity index is 500. The SMILES string of the molecule is CCN(CC)CC(=O)OC(=O)C(C)[PH](=O)c1ccccc1. The molecule has 0 bridgehead atoms. The quantitative estimate of drug-likeness (QED) is 0.435. The molecule has 1 rings (SSSR count). The second kappa shape index (κ2) is 8.75. The van der Waals surface area contributed by atoms with E-state index >= 15 is 0 Å². The summed E-state index contributed by atoms with van der Waals surface area (Å²) in [5.41, 5.74) is -0.807. The Balaban J connectivity index is 2.59. The molecule has 2 unspecified atom stereocenters. The minimum atomic E-state index is -2.32. The molecule has 0 amide bonds. The molecule has 5 nitrogen and oxygen atoms in total. The van der Waals surface area contributed by atoms with Crippen molar-refractivity contribution in [3.63, 3.8) is 0 Å². The average molecular weight is 311 g/mol. The predicted molar refractivity (Wildman–Crippen MR) is 83.4 cm³/mol. The lowest BCUT2D eigenvalue weighted by atomic mass is 10.4. The second-order valence-corrected chi connectivity index (χ2v) is 6.88. The minimum absolute atomic E-state index is 0.0672. The van der Waals surface area contributed by atoms with Gasteiger partial charge in [0.2, 0.25) is 0 Å². The van der Waals surface area contributed by atoms with Crippen LogP contribution in [-0.4, -0.2) is 42.1 Å². The summed E-state index contributed by atoms with van der Waals surface area (Å²) in [6, 6.07) is 8.77. The summed E-state index contributed by atoms with van der Waals surface area (Å²) in [6.07, 6.45) is 0. The van der Waals surface area contributed by atoms with E-state index in [1.165, 1.54) is 6.92 Å². The van der Waals surface area contributed by atoms with Crippen LogP contribution in [0.4, 0.5) is 0 Å². The number of likely N-dealkylation sites (N-methyl/N-ethyl adjacent to an activating group) is 1. The number of carbonyl (C=O) groups excluding carboxylic acids is 2. The van der Waals surface area contributed by atoms with E-state index in [9.17, 15) is 14.2 Å². The van der Waals surface area contributed by atoms with Gasteiger partial charge in [0.05, 0.1) is 6.54 Å². The lowest BCUT2D eigenvalue weighted by Crippen LogP contribution is -2.33. The van der Waals surface area contributed by atoms with Crippen molar-refractivity contribution in [2.24, 2.45) is 0 Å². The van der Waals surface area contributed by atoms with Crippen molar-refractivity contribution in [1.29, 1.82) is 0 Å². The molecular weight excluding hydrogens is 289 g/mol. The van der Waals surface area contributed by atoms with E-state index in [0.29, 0.717) is 18.4 Å². The smallest absolute Gasteiger partial charge is 0.327 e. The van der Waals surface area contributed by atoms with Crippen LogP contribution in [0.3, 0.4) is 0 Å². The summed E-state index contributed by atoms with van der Waals surface area (Å²) >= 11 is 0. The lowest BCUT2D eigenvalue weighted by Gasteiger charge is -2.17. The molecule has 0 heterocycles. The zero-order chi connectivity index (χ0) is 15.8. The van der Waals surface area contributed by atoms with Crippen LogP contribution in [0.15, 0.2) is 30.3 Å². The third-order valence-electron chi connectivity index (χ3n) is 3.27. The van der Waals surface area contributed by atoms with Crippen LogP contribution in [0.1, 0.15) is 20.8 Å². The summed E-state index contributed by atoms with van der Waals surface area (Å²) in [4.78, 5) is 25.4. The first-order valence-electron chi connectivity index (χ1n) is 7.05. The number of ether oxygens (including phenoxy) is 1. The molecule has 21 heavy (non-hydrogen) atoms. The maximum atomic E-state index is 12.3. The van der Waals surface area contributed by atoms with Crippen LogP contribution in [0.5, 0.6) is 0 Å². The highest BCUT2D eigenvalue weighted by atomic mass is 31.1. The maximum absolute atomic E-state index is 12.3. The first-order valence-corrected chi connectivity index (χ1v) is 8.54. The van der Waals surface area contributed by atoms with E-state index in [0.717, 1.165) is 0 Å². The van der Waals surface area contributed by atoms with E-state index in [4.69, 9.17) is 4.74 Å². The Morgan fingerprint density at radius 3 is 2.29 bits per heavy atom. The van der Waals surface area contributed by atoms with Crippen molar-refractivity contribution in [3.05, 3.63) is 30.3 Å². The standard InChI is InChI=1S/C15H22NO4P/c1-4-16(5-2)11-14(17)20-15(18)12(3)21(19)13-9-7-6-8-10-13/h6-10,12,21H,4-5,11H2,1-3H3. The molecule has 6 heteroatoms. The molecule has 1 aromatic carbocycles. The molecule has 0 saturated heterocycles. The molecule has 0 spiro atoms. The van der Waals surface area contributed by atoms with E-state index in [1.54, 1.807) is 24.3 Å². The summed E-state index contributed by atoms with van der Waals surface area (Å²) in [7, 11) is -2.32. The van der Waals surface area contributed by atoms with Crippen molar-refractivity contribution < 1.29 is 18.9 Å². The Morgan fingerprint density at radius 2 is 1.76 bits per heavy atom. The van der Waals surface area contributed by atoms with Crippen molar-refractivity contribution in [1.82, 2.24) is 4.90 Å². The van der Waals surface area contributed by atoms with E-state index in [2.05, 4.69) is 0 Å². The topological polar surface area (TPSA) is 63.7 Å². The van der Waals surface area contributed by atoms with Gasteiger partial charge in [-0.15, -0.1) is 0 Å². The van der Waals surface area contributed by atoms with Gasteiger partial charge < -0.3 is 9.30 Å². The van der Waals surface area contributed by atoms with Crippen molar-refractivity contribution in [3.8, 4) is 0 Å². The molecule has 116 valence electrons. The fourth-order valence-electron chi connectivity index (χ4n) is 1.82. The van der Waals surface area contributed by atoms with Gasteiger partial charge in [-0.3, -0.25) is 14.5 Å². The number of hydrogen-bond acceptors (Lipinski definition) is 5. The molecular formula is C15H22NO4P. The number of nitrogens with zero attached hydrogens (tertiary/aromatic N) is 1. The van der Waals surface area contributed by atoms with E-state index < -0.39 is 25.4 Å². The number of benzene rings is 1. The molecule has 0 aliphatic carbocycles. The van der Waals surface area contributed by atoms with E-state index in [1.807, 2.05) is 24.8 Å². The third-order valence-corrected chi connectivity index (χ3v) is 5.19.